The predicted molar refractivity (Wildman–Crippen MR) is 65.9 cm³/mol. The summed E-state index contributed by atoms with van der Waals surface area (Å²) < 4.78 is 0. The van der Waals surface area contributed by atoms with Crippen LogP contribution in [0.3, 0.4) is 0 Å². The van der Waals surface area contributed by atoms with Crippen LogP contribution in [-0.4, -0.2) is 28.4 Å². The zero-order valence-electron chi connectivity index (χ0n) is 9.48. The van der Waals surface area contributed by atoms with Gasteiger partial charge >= 0.3 is 0 Å². The van der Waals surface area contributed by atoms with Crippen molar-refractivity contribution in [1.29, 1.82) is 0 Å². The molecule has 17 heavy (non-hydrogen) atoms. The highest BCUT2D eigenvalue weighted by molar-refractivity contribution is 5.67. The van der Waals surface area contributed by atoms with E-state index in [0.29, 0.717) is 11.7 Å². The first-order valence-electron chi connectivity index (χ1n) is 5.88. The number of aromatic hydroxyl groups is 1. The third kappa shape index (κ3) is 1.91. The van der Waals surface area contributed by atoms with Gasteiger partial charge in [-0.3, -0.25) is 5.10 Å². The van der Waals surface area contributed by atoms with E-state index in [-0.39, 0.29) is 0 Å². The molecule has 4 nitrogen and oxygen atoms in total. The van der Waals surface area contributed by atoms with E-state index in [2.05, 4.69) is 15.5 Å². The van der Waals surface area contributed by atoms with E-state index in [1.807, 2.05) is 18.3 Å². The van der Waals surface area contributed by atoms with Gasteiger partial charge in [0.1, 0.15) is 5.75 Å². The highest BCUT2D eigenvalue weighted by Crippen LogP contribution is 2.31. The summed E-state index contributed by atoms with van der Waals surface area (Å²) in [6, 6.07) is 7.31. The van der Waals surface area contributed by atoms with Crippen LogP contribution < -0.4 is 5.32 Å². The van der Waals surface area contributed by atoms with E-state index in [9.17, 15) is 5.11 Å². The number of hydrogen-bond acceptors (Lipinski definition) is 3. The van der Waals surface area contributed by atoms with E-state index in [0.717, 1.165) is 30.6 Å². The molecule has 1 aromatic heterocycles. The monoisotopic (exact) mass is 229 g/mol. The molecule has 1 atom stereocenters. The average molecular weight is 229 g/mol. The SMILES string of the molecule is Oc1cccc(-c2cn[nH]c2C2CCNC2)c1. The van der Waals surface area contributed by atoms with Gasteiger partial charge in [-0.1, -0.05) is 12.1 Å². The van der Waals surface area contributed by atoms with Crippen LogP contribution in [0.4, 0.5) is 0 Å². The lowest BCUT2D eigenvalue weighted by Crippen LogP contribution is -2.08. The van der Waals surface area contributed by atoms with E-state index in [1.54, 1.807) is 12.1 Å². The Morgan fingerprint density at radius 3 is 3.06 bits per heavy atom. The molecule has 0 radical (unpaired) electrons. The van der Waals surface area contributed by atoms with Crippen LogP contribution in [0.1, 0.15) is 18.0 Å². The van der Waals surface area contributed by atoms with Gasteiger partial charge in [0.05, 0.1) is 6.20 Å². The number of nitrogens with zero attached hydrogens (tertiary/aromatic N) is 1. The standard InChI is InChI=1S/C13H15N3O/c17-11-3-1-2-9(6-11)12-8-15-16-13(12)10-4-5-14-7-10/h1-3,6,8,10,14,17H,4-5,7H2,(H,15,16). The summed E-state index contributed by atoms with van der Waals surface area (Å²) in [6.45, 7) is 2.05. The Morgan fingerprint density at radius 2 is 2.29 bits per heavy atom. The molecular formula is C13H15N3O. The fourth-order valence-corrected chi connectivity index (χ4v) is 2.41. The number of aromatic nitrogens is 2. The Kier molecular flexibility index (Phi) is 2.57. The summed E-state index contributed by atoms with van der Waals surface area (Å²) in [4.78, 5) is 0. The molecule has 0 bridgehead atoms. The second-order valence-electron chi connectivity index (χ2n) is 4.44. The molecule has 1 aliphatic rings. The quantitative estimate of drug-likeness (QED) is 0.736. The molecule has 0 amide bonds. The molecule has 1 saturated heterocycles. The molecular weight excluding hydrogens is 214 g/mol. The van der Waals surface area contributed by atoms with Crippen LogP contribution in [0.2, 0.25) is 0 Å². The van der Waals surface area contributed by atoms with Gasteiger partial charge in [-0.05, 0) is 30.7 Å². The van der Waals surface area contributed by atoms with Crippen molar-refractivity contribution in [3.63, 3.8) is 0 Å². The van der Waals surface area contributed by atoms with Gasteiger partial charge in [0.25, 0.3) is 0 Å². The van der Waals surface area contributed by atoms with Crippen molar-refractivity contribution in [1.82, 2.24) is 15.5 Å². The van der Waals surface area contributed by atoms with Gasteiger partial charge in [0.15, 0.2) is 0 Å². The lowest BCUT2D eigenvalue weighted by molar-refractivity contribution is 0.475. The summed E-state index contributed by atoms with van der Waals surface area (Å²) in [5.41, 5.74) is 3.27. The first kappa shape index (κ1) is 10.4. The second kappa shape index (κ2) is 4.22. The van der Waals surface area contributed by atoms with Crippen LogP contribution >= 0.6 is 0 Å². The zero-order chi connectivity index (χ0) is 11.7. The topological polar surface area (TPSA) is 60.9 Å². The van der Waals surface area contributed by atoms with Gasteiger partial charge in [-0.2, -0.15) is 5.10 Å². The molecule has 3 rings (SSSR count). The number of hydrogen-bond donors (Lipinski definition) is 3. The normalized spacial score (nSPS) is 19.6. The van der Waals surface area contributed by atoms with Crippen molar-refractivity contribution in [3.8, 4) is 16.9 Å². The zero-order valence-corrected chi connectivity index (χ0v) is 9.48. The number of rotatable bonds is 2. The minimum atomic E-state index is 0.291. The lowest BCUT2D eigenvalue weighted by atomic mass is 9.97. The van der Waals surface area contributed by atoms with Crippen molar-refractivity contribution in [3.05, 3.63) is 36.2 Å². The number of aromatic amines is 1. The first-order chi connectivity index (χ1) is 8.34. The molecule has 3 N–H and O–H groups in total. The van der Waals surface area contributed by atoms with Crippen molar-refractivity contribution in [2.24, 2.45) is 0 Å². The third-order valence-corrected chi connectivity index (χ3v) is 3.29. The van der Waals surface area contributed by atoms with Gasteiger partial charge in [-0.15, -0.1) is 0 Å². The Labute approximate surface area is 99.7 Å². The maximum absolute atomic E-state index is 9.53. The fourth-order valence-electron chi connectivity index (χ4n) is 2.41. The maximum Gasteiger partial charge on any atom is 0.116 e. The third-order valence-electron chi connectivity index (χ3n) is 3.29. The van der Waals surface area contributed by atoms with Crippen LogP contribution in [0.15, 0.2) is 30.5 Å². The van der Waals surface area contributed by atoms with E-state index in [4.69, 9.17) is 0 Å². The molecule has 1 fully saturated rings. The first-order valence-corrected chi connectivity index (χ1v) is 5.88. The molecule has 2 aromatic rings. The van der Waals surface area contributed by atoms with Gasteiger partial charge in [-0.25, -0.2) is 0 Å². The molecule has 1 aliphatic heterocycles. The molecule has 0 saturated carbocycles. The highest BCUT2D eigenvalue weighted by Gasteiger charge is 2.21. The summed E-state index contributed by atoms with van der Waals surface area (Å²) in [7, 11) is 0. The molecule has 2 heterocycles. The van der Waals surface area contributed by atoms with Crippen molar-refractivity contribution >= 4 is 0 Å². The van der Waals surface area contributed by atoms with Crippen LogP contribution in [0.5, 0.6) is 5.75 Å². The van der Waals surface area contributed by atoms with Crippen molar-refractivity contribution in [2.45, 2.75) is 12.3 Å². The number of H-pyrrole nitrogens is 1. The van der Waals surface area contributed by atoms with Crippen LogP contribution in [-0.2, 0) is 0 Å². The molecule has 4 heteroatoms. The Balaban J connectivity index is 2.00. The number of phenols is 1. The second-order valence-corrected chi connectivity index (χ2v) is 4.44. The van der Waals surface area contributed by atoms with Gasteiger partial charge < -0.3 is 10.4 Å². The van der Waals surface area contributed by atoms with E-state index in [1.165, 1.54) is 5.69 Å². The van der Waals surface area contributed by atoms with Crippen LogP contribution in [0, 0.1) is 0 Å². The Bertz CT molecular complexity index is 515. The summed E-state index contributed by atoms with van der Waals surface area (Å²) in [5.74, 6) is 0.786. The average Bonchev–Trinajstić information content (AvgIpc) is 3.00. The Hall–Kier alpha value is -1.81. The largest absolute Gasteiger partial charge is 0.508 e. The lowest BCUT2D eigenvalue weighted by Gasteiger charge is -2.09. The minimum Gasteiger partial charge on any atom is -0.508 e. The van der Waals surface area contributed by atoms with Crippen LogP contribution in [0.25, 0.3) is 11.1 Å². The predicted octanol–water partition coefficient (Wildman–Crippen LogP) is 1.86. The summed E-state index contributed by atoms with van der Waals surface area (Å²) in [6.07, 6.45) is 2.97. The fraction of sp³-hybridized carbons (Fsp3) is 0.308. The minimum absolute atomic E-state index is 0.291. The Morgan fingerprint density at radius 1 is 1.35 bits per heavy atom. The molecule has 88 valence electrons. The van der Waals surface area contributed by atoms with E-state index < -0.39 is 0 Å². The molecule has 0 spiro atoms. The smallest absolute Gasteiger partial charge is 0.116 e. The highest BCUT2D eigenvalue weighted by atomic mass is 16.3. The number of phenolic OH excluding ortho intramolecular Hbond substituents is 1. The molecule has 1 unspecified atom stereocenters. The molecule has 0 aliphatic carbocycles. The summed E-state index contributed by atoms with van der Waals surface area (Å²) >= 11 is 0. The van der Waals surface area contributed by atoms with Gasteiger partial charge in [0.2, 0.25) is 0 Å². The molecule has 1 aromatic carbocycles. The maximum atomic E-state index is 9.53. The number of nitrogens with one attached hydrogen (secondary N) is 2. The van der Waals surface area contributed by atoms with Gasteiger partial charge in [0, 0.05) is 23.7 Å². The van der Waals surface area contributed by atoms with Crippen molar-refractivity contribution < 1.29 is 5.11 Å². The summed E-state index contributed by atoms with van der Waals surface area (Å²) in [5, 5.41) is 20.1. The number of benzene rings is 1. The van der Waals surface area contributed by atoms with E-state index >= 15 is 0 Å². The van der Waals surface area contributed by atoms with Crippen molar-refractivity contribution in [2.75, 3.05) is 13.1 Å².